The van der Waals surface area contributed by atoms with E-state index < -0.39 is 0 Å². The van der Waals surface area contributed by atoms with Gasteiger partial charge in [-0.1, -0.05) is 44.2 Å². The van der Waals surface area contributed by atoms with Crippen LogP contribution >= 0.6 is 0 Å². The Labute approximate surface area is 265 Å². The molecule has 4 N–H and O–H groups in total. The average molecular weight is 648 g/mol. The van der Waals surface area contributed by atoms with E-state index in [4.69, 9.17) is 5.73 Å². The molecule has 0 spiro atoms. The number of benzene rings is 4. The minimum Gasteiger partial charge on any atom is -0.507 e. The van der Waals surface area contributed by atoms with Gasteiger partial charge in [0, 0.05) is 16.8 Å². The van der Waals surface area contributed by atoms with E-state index in [0.717, 1.165) is 74.2 Å². The minimum atomic E-state index is 0.214. The molecule has 3 nitrogen and oxygen atoms in total. The van der Waals surface area contributed by atoms with Gasteiger partial charge in [0.15, 0.2) is 0 Å². The second-order valence-corrected chi connectivity index (χ2v) is 12.2. The van der Waals surface area contributed by atoms with E-state index in [2.05, 4.69) is 62.4 Å². The molecule has 4 rings (SSSR count). The maximum Gasteiger partial charge on any atom is 0.127 e. The van der Waals surface area contributed by atoms with E-state index in [0.29, 0.717) is 11.5 Å². The van der Waals surface area contributed by atoms with Crippen LogP contribution in [0.1, 0.15) is 77.8 Å². The van der Waals surface area contributed by atoms with Crippen LogP contribution in [-0.4, -0.2) is 14.6 Å². The number of nitrogen functional groups attached to an aromatic ring is 1. The molecular formula is C38H49MoNO2+4. The molecule has 0 aromatic heterocycles. The summed E-state index contributed by atoms with van der Waals surface area (Å²) in [5.41, 5.74) is 18.3. The summed E-state index contributed by atoms with van der Waals surface area (Å²) in [6.07, 6.45) is 1.54. The molecule has 0 saturated carbocycles. The summed E-state index contributed by atoms with van der Waals surface area (Å²) < 4.78 is 2.23. The Hall–Kier alpha value is -3.16. The van der Waals surface area contributed by atoms with Crippen molar-refractivity contribution in [2.75, 3.05) is 5.73 Å². The smallest absolute Gasteiger partial charge is 0.127 e. The summed E-state index contributed by atoms with van der Waals surface area (Å²) in [6, 6.07) is 20.7. The number of phenols is 2. The Bertz CT molecular complexity index is 1440. The minimum absolute atomic E-state index is 0.214. The molecule has 0 aliphatic carbocycles. The summed E-state index contributed by atoms with van der Waals surface area (Å²) in [7, 11) is 0. The van der Waals surface area contributed by atoms with Gasteiger partial charge in [-0.25, -0.2) is 0 Å². The predicted molar refractivity (Wildman–Crippen MR) is 179 cm³/mol. The number of phenolic OH excluding ortho intramolecular Hbond substituents is 2. The molecule has 0 aliphatic heterocycles. The molecule has 0 fully saturated rings. The van der Waals surface area contributed by atoms with Gasteiger partial charge in [-0.3, -0.25) is 0 Å². The van der Waals surface area contributed by atoms with Gasteiger partial charge in [-0.2, -0.15) is 0 Å². The molecule has 4 aromatic carbocycles. The number of rotatable bonds is 5. The summed E-state index contributed by atoms with van der Waals surface area (Å²) in [4.78, 5) is 0. The summed E-state index contributed by atoms with van der Waals surface area (Å²) in [5, 5.41) is 21.5. The van der Waals surface area contributed by atoms with Gasteiger partial charge >= 0.3 is 78.9 Å². The molecule has 4 aromatic rings. The normalized spacial score (nSPS) is 10.8. The van der Waals surface area contributed by atoms with Crippen LogP contribution in [0.5, 0.6) is 11.5 Å². The van der Waals surface area contributed by atoms with Crippen LogP contribution in [-0.2, 0) is 37.6 Å². The maximum atomic E-state index is 10.7. The van der Waals surface area contributed by atoms with Crippen LogP contribution in [0.4, 0.5) is 5.69 Å². The fourth-order valence-electron chi connectivity index (χ4n) is 4.86. The first-order chi connectivity index (χ1) is 19.7. The molecule has 0 bridgehead atoms. The van der Waals surface area contributed by atoms with Crippen LogP contribution < -0.4 is 5.73 Å². The number of aromatic hydroxyl groups is 2. The van der Waals surface area contributed by atoms with Crippen molar-refractivity contribution in [1.29, 1.82) is 0 Å². The molecule has 0 saturated heterocycles. The van der Waals surface area contributed by atoms with Crippen molar-refractivity contribution in [1.82, 2.24) is 0 Å². The number of aryl methyl sites for hydroxylation is 6. The zero-order valence-corrected chi connectivity index (χ0v) is 29.2. The largest absolute Gasteiger partial charge is 0.507 e. The monoisotopic (exact) mass is 649 g/mol. The van der Waals surface area contributed by atoms with Crippen LogP contribution in [0.15, 0.2) is 60.7 Å². The van der Waals surface area contributed by atoms with Crippen molar-refractivity contribution >= 4 is 10.1 Å². The van der Waals surface area contributed by atoms with Crippen molar-refractivity contribution in [2.45, 2.75) is 87.5 Å². The van der Waals surface area contributed by atoms with Gasteiger partial charge in [-0.05, 0) is 98.9 Å². The fourth-order valence-corrected chi connectivity index (χ4v) is 5.19. The van der Waals surface area contributed by atoms with Gasteiger partial charge < -0.3 is 15.9 Å². The Morgan fingerprint density at radius 3 is 1.40 bits per heavy atom. The molecule has 0 radical (unpaired) electrons. The second-order valence-electron chi connectivity index (χ2n) is 11.6. The summed E-state index contributed by atoms with van der Waals surface area (Å²) >= 11 is 2.04. The number of hydrogen-bond donors (Lipinski definition) is 3. The quantitative estimate of drug-likeness (QED) is 0.149. The summed E-state index contributed by atoms with van der Waals surface area (Å²) in [5.74, 6) is 0.605. The standard InChI is InChI=1S/C20H26O2.C10H12.C8H11N.Mo/c1-7-15-9-11(3)13(5)17(19(15)21)18-14(6)12(4)10-16(8-2)20(18)22;1-10(2,3)9-7-5-4-6-8-9;1-6-4-3-5-7(2)8(6)9;/h9-10,21-22H,7-8H2,1-6H3;1,4-8H,2-3H3;3-5H,9H2,1-2H3;/q;;;+4. The van der Waals surface area contributed by atoms with Gasteiger partial charge in [0.05, 0.1) is 0 Å². The second kappa shape index (κ2) is 15.3. The third-order valence-electron chi connectivity index (χ3n) is 8.16. The van der Waals surface area contributed by atoms with Gasteiger partial charge in [0.1, 0.15) is 11.5 Å². The van der Waals surface area contributed by atoms with Gasteiger partial charge in [0.2, 0.25) is 0 Å². The topological polar surface area (TPSA) is 66.5 Å². The first-order valence-corrected chi connectivity index (χ1v) is 15.8. The SMILES string of the molecule is CC(C)([CH]=[Mo+4])c1ccccc1.CCc1cc(C)c(C)c(-c2c(C)c(C)cc(CC)c2O)c1O.Cc1cccc(C)c1N. The van der Waals surface area contributed by atoms with Crippen LogP contribution in [0.3, 0.4) is 0 Å². The number of nitrogens with two attached hydrogens (primary N) is 1. The zero-order valence-electron chi connectivity index (χ0n) is 27.1. The fraction of sp³-hybridized carbons (Fsp3) is 0.342. The van der Waals surface area contributed by atoms with Gasteiger partial charge in [-0.15, -0.1) is 0 Å². The number of para-hydroxylation sites is 1. The van der Waals surface area contributed by atoms with E-state index in [1.165, 1.54) is 5.56 Å². The van der Waals surface area contributed by atoms with Gasteiger partial charge in [0.25, 0.3) is 0 Å². The van der Waals surface area contributed by atoms with E-state index in [9.17, 15) is 10.2 Å². The van der Waals surface area contributed by atoms with Crippen molar-refractivity contribution in [3.8, 4) is 22.6 Å². The van der Waals surface area contributed by atoms with Crippen molar-refractivity contribution in [3.63, 3.8) is 0 Å². The van der Waals surface area contributed by atoms with Crippen molar-refractivity contribution < 1.29 is 29.6 Å². The first kappa shape index (κ1) is 35.0. The van der Waals surface area contributed by atoms with Crippen molar-refractivity contribution in [2.24, 2.45) is 0 Å². The van der Waals surface area contributed by atoms with Crippen LogP contribution in [0.2, 0.25) is 0 Å². The maximum absolute atomic E-state index is 10.7. The number of anilines is 1. The molecule has 0 aliphatic rings. The molecule has 220 valence electrons. The number of hydrogen-bond acceptors (Lipinski definition) is 3. The molecule has 0 heterocycles. The Morgan fingerprint density at radius 2 is 1.07 bits per heavy atom. The summed E-state index contributed by atoms with van der Waals surface area (Å²) in [6.45, 7) is 20.7. The Morgan fingerprint density at radius 1 is 0.667 bits per heavy atom. The Balaban J connectivity index is 0.000000255. The van der Waals surface area contributed by atoms with E-state index in [1.807, 2.05) is 91.2 Å². The van der Waals surface area contributed by atoms with E-state index >= 15 is 0 Å². The van der Waals surface area contributed by atoms with Crippen LogP contribution in [0, 0.1) is 41.5 Å². The molecule has 42 heavy (non-hydrogen) atoms. The van der Waals surface area contributed by atoms with Crippen molar-refractivity contribution in [3.05, 3.63) is 111 Å². The molecule has 4 heteroatoms. The van der Waals surface area contributed by atoms with E-state index in [-0.39, 0.29) is 5.41 Å². The Kier molecular flexibility index (Phi) is 12.8. The molecular weight excluding hydrogens is 598 g/mol. The average Bonchev–Trinajstić information content (AvgIpc) is 2.98. The first-order valence-electron chi connectivity index (χ1n) is 14.7. The van der Waals surface area contributed by atoms with E-state index in [1.54, 1.807) is 0 Å². The molecule has 0 amide bonds. The van der Waals surface area contributed by atoms with Crippen LogP contribution in [0.25, 0.3) is 11.1 Å². The molecule has 0 atom stereocenters. The predicted octanol–water partition coefficient (Wildman–Crippen LogP) is 9.32. The molecule has 0 unspecified atom stereocenters. The third kappa shape index (κ3) is 8.23. The third-order valence-corrected chi connectivity index (χ3v) is 9.61. The zero-order chi connectivity index (χ0) is 31.8.